The monoisotopic (exact) mass is 282 g/mol. The van der Waals surface area contributed by atoms with Crippen LogP contribution in [0.25, 0.3) is 0 Å². The lowest BCUT2D eigenvalue weighted by Gasteiger charge is -2.39. The van der Waals surface area contributed by atoms with Crippen molar-refractivity contribution in [3.63, 3.8) is 0 Å². The Morgan fingerprint density at radius 3 is 2.60 bits per heavy atom. The maximum atomic E-state index is 12.5. The van der Waals surface area contributed by atoms with Gasteiger partial charge in [0.25, 0.3) is 0 Å². The van der Waals surface area contributed by atoms with Crippen LogP contribution >= 0.6 is 0 Å². The summed E-state index contributed by atoms with van der Waals surface area (Å²) >= 11 is 0. The summed E-state index contributed by atoms with van der Waals surface area (Å²) in [5.41, 5.74) is 0. The smallest absolute Gasteiger partial charge is 0.320 e. The normalized spacial score (nSPS) is 30.9. The average molecular weight is 282 g/mol. The summed E-state index contributed by atoms with van der Waals surface area (Å²) < 4.78 is 0. The van der Waals surface area contributed by atoms with Crippen LogP contribution in [0.1, 0.15) is 45.4 Å². The summed E-state index contributed by atoms with van der Waals surface area (Å²) in [6, 6.07) is 0.325. The van der Waals surface area contributed by atoms with Crippen molar-refractivity contribution in [3.8, 4) is 0 Å². The number of aliphatic carboxylic acids is 1. The number of rotatable bonds is 2. The Morgan fingerprint density at radius 2 is 1.95 bits per heavy atom. The number of nitrogens with zero attached hydrogens (tertiary/aromatic N) is 2. The Hall–Kier alpha value is -1.26. The van der Waals surface area contributed by atoms with Crippen molar-refractivity contribution in [2.75, 3.05) is 20.1 Å². The van der Waals surface area contributed by atoms with Crippen molar-refractivity contribution in [2.45, 2.75) is 51.5 Å². The molecule has 20 heavy (non-hydrogen) atoms. The zero-order valence-corrected chi connectivity index (χ0v) is 12.5. The topological polar surface area (TPSA) is 60.9 Å². The lowest BCUT2D eigenvalue weighted by Crippen LogP contribution is -2.51. The second-order valence-corrected chi connectivity index (χ2v) is 6.44. The van der Waals surface area contributed by atoms with E-state index < -0.39 is 11.9 Å². The van der Waals surface area contributed by atoms with E-state index in [1.54, 1.807) is 4.90 Å². The van der Waals surface area contributed by atoms with Gasteiger partial charge in [-0.05, 0) is 31.6 Å². The molecule has 2 unspecified atom stereocenters. The molecule has 1 aliphatic heterocycles. The van der Waals surface area contributed by atoms with Crippen LogP contribution in [0.2, 0.25) is 0 Å². The fraction of sp³-hybridized carbons (Fsp3) is 0.867. The van der Waals surface area contributed by atoms with Gasteiger partial charge in [-0.25, -0.2) is 4.79 Å². The molecule has 5 heteroatoms. The minimum absolute atomic E-state index is 0.00931. The molecule has 1 saturated carbocycles. The van der Waals surface area contributed by atoms with Crippen molar-refractivity contribution in [1.29, 1.82) is 0 Å². The van der Waals surface area contributed by atoms with E-state index in [1.807, 2.05) is 11.9 Å². The van der Waals surface area contributed by atoms with E-state index in [0.29, 0.717) is 31.5 Å². The molecule has 0 spiro atoms. The van der Waals surface area contributed by atoms with E-state index in [0.717, 1.165) is 19.3 Å². The molecule has 5 nitrogen and oxygen atoms in total. The molecule has 1 aliphatic carbocycles. The molecule has 114 valence electrons. The number of hydrogen-bond acceptors (Lipinski definition) is 2. The van der Waals surface area contributed by atoms with E-state index in [2.05, 4.69) is 6.92 Å². The fourth-order valence-corrected chi connectivity index (χ4v) is 3.49. The van der Waals surface area contributed by atoms with E-state index in [-0.39, 0.29) is 6.03 Å². The zero-order chi connectivity index (χ0) is 14.7. The van der Waals surface area contributed by atoms with Gasteiger partial charge in [0.05, 0.1) is 5.92 Å². The Balaban J connectivity index is 1.93. The van der Waals surface area contributed by atoms with E-state index in [4.69, 9.17) is 5.11 Å². The highest BCUT2D eigenvalue weighted by Crippen LogP contribution is 2.28. The van der Waals surface area contributed by atoms with E-state index in [9.17, 15) is 9.59 Å². The molecule has 2 fully saturated rings. The first-order valence-corrected chi connectivity index (χ1v) is 7.73. The summed E-state index contributed by atoms with van der Waals surface area (Å²) in [4.78, 5) is 27.2. The predicted molar refractivity (Wildman–Crippen MR) is 76.5 cm³/mol. The van der Waals surface area contributed by atoms with Crippen molar-refractivity contribution in [1.82, 2.24) is 9.80 Å². The molecule has 2 aliphatic rings. The Morgan fingerprint density at radius 1 is 1.20 bits per heavy atom. The highest BCUT2D eigenvalue weighted by molar-refractivity contribution is 5.76. The van der Waals surface area contributed by atoms with Gasteiger partial charge in [0.15, 0.2) is 0 Å². The SMILES string of the molecule is CC1CCCC(N(C)C(=O)N2CCC[C@H](C(=O)O)C2)C1. The van der Waals surface area contributed by atoms with Gasteiger partial charge in [0, 0.05) is 26.2 Å². The standard InChI is InChI=1S/C15H26N2O3/c1-11-5-3-7-13(9-11)16(2)15(20)17-8-4-6-12(10-17)14(18)19/h11-13H,3-10H2,1-2H3,(H,18,19)/t11?,12-,13?/m0/s1. The highest BCUT2D eigenvalue weighted by atomic mass is 16.4. The molecule has 2 amide bonds. The van der Waals surface area contributed by atoms with Gasteiger partial charge >= 0.3 is 12.0 Å². The molecule has 0 aromatic rings. The molecular formula is C15H26N2O3. The fourth-order valence-electron chi connectivity index (χ4n) is 3.49. The van der Waals surface area contributed by atoms with Crippen LogP contribution in [0.3, 0.4) is 0 Å². The maximum Gasteiger partial charge on any atom is 0.320 e. The largest absolute Gasteiger partial charge is 0.481 e. The number of likely N-dealkylation sites (tertiary alicyclic amines) is 1. The summed E-state index contributed by atoms with van der Waals surface area (Å²) in [5.74, 6) is -0.500. The summed E-state index contributed by atoms with van der Waals surface area (Å²) in [6.45, 7) is 3.29. The van der Waals surface area contributed by atoms with Gasteiger partial charge in [0.1, 0.15) is 0 Å². The number of amides is 2. The number of carboxylic acids is 1. The zero-order valence-electron chi connectivity index (χ0n) is 12.5. The maximum absolute atomic E-state index is 12.5. The van der Waals surface area contributed by atoms with Gasteiger partial charge in [-0.2, -0.15) is 0 Å². The predicted octanol–water partition coefficient (Wildman–Crippen LogP) is 2.41. The summed E-state index contributed by atoms with van der Waals surface area (Å²) in [6.07, 6.45) is 6.05. The van der Waals surface area contributed by atoms with Gasteiger partial charge in [-0.15, -0.1) is 0 Å². The molecule has 3 atom stereocenters. The molecule has 0 aromatic carbocycles. The molecule has 1 heterocycles. The third-order valence-corrected chi connectivity index (χ3v) is 4.80. The lowest BCUT2D eigenvalue weighted by atomic mass is 9.86. The average Bonchev–Trinajstić information content (AvgIpc) is 2.45. The molecule has 0 radical (unpaired) electrons. The number of carbonyl (C=O) groups excluding carboxylic acids is 1. The van der Waals surface area contributed by atoms with Gasteiger partial charge < -0.3 is 14.9 Å². The van der Waals surface area contributed by atoms with Crippen LogP contribution in [-0.2, 0) is 4.79 Å². The van der Waals surface area contributed by atoms with Crippen molar-refractivity contribution >= 4 is 12.0 Å². The summed E-state index contributed by atoms with van der Waals surface area (Å²) in [5, 5.41) is 9.11. The van der Waals surface area contributed by atoms with Gasteiger partial charge in [0.2, 0.25) is 0 Å². The van der Waals surface area contributed by atoms with Crippen LogP contribution < -0.4 is 0 Å². The van der Waals surface area contributed by atoms with E-state index in [1.165, 1.54) is 12.8 Å². The molecule has 1 N–H and O–H groups in total. The molecule has 2 rings (SSSR count). The number of carboxylic acid groups (broad SMARTS) is 1. The van der Waals surface area contributed by atoms with Crippen LogP contribution in [-0.4, -0.2) is 53.1 Å². The number of piperidine rings is 1. The van der Waals surface area contributed by atoms with Crippen molar-refractivity contribution < 1.29 is 14.7 Å². The number of urea groups is 1. The number of hydrogen-bond donors (Lipinski definition) is 1. The molecule has 1 saturated heterocycles. The minimum Gasteiger partial charge on any atom is -0.481 e. The first-order valence-electron chi connectivity index (χ1n) is 7.73. The van der Waals surface area contributed by atoms with Crippen molar-refractivity contribution in [2.24, 2.45) is 11.8 Å². The molecule has 0 aromatic heterocycles. The van der Waals surface area contributed by atoms with Crippen LogP contribution in [0, 0.1) is 11.8 Å². The van der Waals surface area contributed by atoms with Gasteiger partial charge in [-0.1, -0.05) is 19.8 Å². The second-order valence-electron chi connectivity index (χ2n) is 6.44. The highest BCUT2D eigenvalue weighted by Gasteiger charge is 2.32. The Kier molecular flexibility index (Phi) is 4.89. The number of carbonyl (C=O) groups is 2. The van der Waals surface area contributed by atoms with E-state index >= 15 is 0 Å². The third-order valence-electron chi connectivity index (χ3n) is 4.80. The first-order chi connectivity index (χ1) is 9.49. The molecular weight excluding hydrogens is 256 g/mol. The third kappa shape index (κ3) is 3.44. The van der Waals surface area contributed by atoms with Crippen molar-refractivity contribution in [3.05, 3.63) is 0 Å². The minimum atomic E-state index is -0.781. The lowest BCUT2D eigenvalue weighted by molar-refractivity contribution is -0.143. The quantitative estimate of drug-likeness (QED) is 0.846. The second kappa shape index (κ2) is 6.46. The Bertz CT molecular complexity index is 372. The summed E-state index contributed by atoms with van der Waals surface area (Å²) in [7, 11) is 1.87. The molecule has 0 bridgehead atoms. The van der Waals surface area contributed by atoms with Crippen LogP contribution in [0.15, 0.2) is 0 Å². The van der Waals surface area contributed by atoms with Gasteiger partial charge in [-0.3, -0.25) is 4.79 Å². The van der Waals surface area contributed by atoms with Crippen LogP contribution in [0.4, 0.5) is 4.79 Å². The van der Waals surface area contributed by atoms with Crippen LogP contribution in [0.5, 0.6) is 0 Å². The Labute approximate surface area is 120 Å². The first kappa shape index (κ1) is 15.1.